The van der Waals surface area contributed by atoms with Crippen molar-refractivity contribution in [3.05, 3.63) is 28.0 Å². The molecule has 1 rings (SSSR count). The molecular formula is C11H11BrF3NO3. The Bertz CT molecular complexity index is 496. The number of rotatable bonds is 4. The lowest BCUT2D eigenvalue weighted by molar-refractivity contribution is -0.174. The van der Waals surface area contributed by atoms with Crippen molar-refractivity contribution in [2.45, 2.75) is 18.9 Å². The van der Waals surface area contributed by atoms with Crippen LogP contribution in [0.25, 0.3) is 0 Å². The Kier molecular flexibility index (Phi) is 4.81. The zero-order chi connectivity index (χ0) is 14.8. The molecule has 0 aromatic heterocycles. The summed E-state index contributed by atoms with van der Waals surface area (Å²) in [5.74, 6) is -8.07. The van der Waals surface area contributed by atoms with Crippen molar-refractivity contribution in [2.75, 3.05) is 6.61 Å². The molecule has 4 nitrogen and oxygen atoms in total. The molecule has 8 heteroatoms. The van der Waals surface area contributed by atoms with Gasteiger partial charge in [0.1, 0.15) is 6.04 Å². The number of carbonyl (C=O) groups is 1. The van der Waals surface area contributed by atoms with Gasteiger partial charge in [0, 0.05) is 10.0 Å². The minimum absolute atomic E-state index is 0.105. The third-order valence-corrected chi connectivity index (χ3v) is 2.79. The minimum Gasteiger partial charge on any atom is -0.505 e. The zero-order valence-corrected chi connectivity index (χ0v) is 11.4. The molecule has 0 aliphatic rings. The average Bonchev–Trinajstić information content (AvgIpc) is 2.33. The van der Waals surface area contributed by atoms with Crippen molar-refractivity contribution in [1.82, 2.24) is 0 Å². The number of carbonyl (C=O) groups excluding carboxylic acids is 1. The molecule has 0 heterocycles. The van der Waals surface area contributed by atoms with Crippen LogP contribution in [0.15, 0.2) is 16.6 Å². The fraction of sp³-hybridized carbons (Fsp3) is 0.364. The highest BCUT2D eigenvalue weighted by molar-refractivity contribution is 9.10. The normalized spacial score (nSPS) is 13.2. The molecule has 1 aromatic carbocycles. The molecule has 0 unspecified atom stereocenters. The van der Waals surface area contributed by atoms with Gasteiger partial charge in [0.2, 0.25) is 0 Å². The number of aromatic hydroxyl groups is 1. The van der Waals surface area contributed by atoms with Crippen LogP contribution in [0.1, 0.15) is 18.5 Å². The number of phenolic OH excluding ortho intramolecular Hbond substituents is 1. The van der Waals surface area contributed by atoms with Crippen molar-refractivity contribution in [2.24, 2.45) is 5.73 Å². The van der Waals surface area contributed by atoms with E-state index < -0.39 is 35.1 Å². The van der Waals surface area contributed by atoms with Crippen LogP contribution in [-0.2, 0) is 9.53 Å². The highest BCUT2D eigenvalue weighted by atomic mass is 79.9. The number of nitrogens with two attached hydrogens (primary N) is 1. The fourth-order valence-electron chi connectivity index (χ4n) is 1.37. The first-order valence-electron chi connectivity index (χ1n) is 5.20. The number of phenols is 1. The van der Waals surface area contributed by atoms with Crippen LogP contribution in [0.2, 0.25) is 0 Å². The van der Waals surface area contributed by atoms with Gasteiger partial charge in [-0.05, 0) is 19.1 Å². The van der Waals surface area contributed by atoms with Crippen molar-refractivity contribution < 1.29 is 27.8 Å². The predicted octanol–water partition coefficient (Wildman–Crippen LogP) is 2.49. The number of benzene rings is 1. The largest absolute Gasteiger partial charge is 0.505 e. The molecule has 0 fully saturated rings. The Morgan fingerprint density at radius 1 is 1.58 bits per heavy atom. The van der Waals surface area contributed by atoms with Crippen LogP contribution < -0.4 is 5.73 Å². The number of halogens is 4. The summed E-state index contributed by atoms with van der Waals surface area (Å²) in [6.45, 7) is 1.11. The van der Waals surface area contributed by atoms with Gasteiger partial charge in [-0.2, -0.15) is 8.78 Å². The van der Waals surface area contributed by atoms with Crippen LogP contribution in [0.3, 0.4) is 0 Å². The van der Waals surface area contributed by atoms with Gasteiger partial charge in [0.25, 0.3) is 0 Å². The molecule has 3 N–H and O–H groups in total. The first-order chi connectivity index (χ1) is 8.71. The molecule has 106 valence electrons. The summed E-state index contributed by atoms with van der Waals surface area (Å²) in [6.07, 6.45) is 0. The van der Waals surface area contributed by atoms with E-state index in [1.165, 1.54) is 6.92 Å². The highest BCUT2D eigenvalue weighted by Crippen LogP contribution is 2.37. The number of hydrogen-bond donors (Lipinski definition) is 2. The van der Waals surface area contributed by atoms with E-state index >= 15 is 0 Å². The Labute approximate surface area is 115 Å². The summed E-state index contributed by atoms with van der Waals surface area (Å²) in [6, 6.07) is -0.330. The zero-order valence-electron chi connectivity index (χ0n) is 9.79. The van der Waals surface area contributed by atoms with E-state index in [2.05, 4.69) is 20.7 Å². The molecular weight excluding hydrogens is 331 g/mol. The van der Waals surface area contributed by atoms with E-state index in [0.717, 1.165) is 12.1 Å². The Hall–Kier alpha value is -1.28. The molecule has 0 radical (unpaired) electrons. The Morgan fingerprint density at radius 3 is 2.68 bits per heavy atom. The Morgan fingerprint density at radius 2 is 2.16 bits per heavy atom. The second-order valence-electron chi connectivity index (χ2n) is 3.65. The summed E-state index contributed by atoms with van der Waals surface area (Å²) in [5, 5.41) is 9.41. The molecule has 1 atom stereocenters. The first kappa shape index (κ1) is 15.8. The Balaban J connectivity index is 3.19. The average molecular weight is 342 g/mol. The smallest absolute Gasteiger partial charge is 0.379 e. The molecule has 0 spiro atoms. The standard InChI is InChI=1S/C11H11BrF3NO3/c1-2-19-10(18)11(14,15)9(16)6-3-5(12)4-7(13)8(6)17/h3-4,9,17H,2,16H2,1H3/t9-/m0/s1. The minimum atomic E-state index is -4.08. The summed E-state index contributed by atoms with van der Waals surface area (Å²) in [5.41, 5.74) is 4.65. The van der Waals surface area contributed by atoms with E-state index in [1.54, 1.807) is 0 Å². The van der Waals surface area contributed by atoms with Crippen molar-refractivity contribution in [3.63, 3.8) is 0 Å². The van der Waals surface area contributed by atoms with Gasteiger partial charge in [-0.1, -0.05) is 15.9 Å². The van der Waals surface area contributed by atoms with Gasteiger partial charge >= 0.3 is 11.9 Å². The second-order valence-corrected chi connectivity index (χ2v) is 4.56. The quantitative estimate of drug-likeness (QED) is 0.825. The molecule has 0 saturated heterocycles. The lowest BCUT2D eigenvalue weighted by Gasteiger charge is -2.22. The highest BCUT2D eigenvalue weighted by Gasteiger charge is 2.49. The maximum atomic E-state index is 13.7. The molecule has 0 aliphatic heterocycles. The van der Waals surface area contributed by atoms with Gasteiger partial charge in [-0.25, -0.2) is 9.18 Å². The summed E-state index contributed by atoms with van der Waals surface area (Å²) < 4.78 is 44.9. The summed E-state index contributed by atoms with van der Waals surface area (Å²) >= 11 is 2.88. The molecule has 19 heavy (non-hydrogen) atoms. The van der Waals surface area contributed by atoms with Crippen LogP contribution in [0, 0.1) is 5.82 Å². The SMILES string of the molecule is CCOC(=O)C(F)(F)[C@@H](N)c1cc(Br)cc(F)c1O. The lowest BCUT2D eigenvalue weighted by Crippen LogP contribution is -2.41. The summed E-state index contributed by atoms with van der Waals surface area (Å²) in [4.78, 5) is 11.1. The molecule has 0 aliphatic carbocycles. The number of esters is 1. The molecule has 0 amide bonds. The van der Waals surface area contributed by atoms with Crippen molar-refractivity contribution in [1.29, 1.82) is 0 Å². The van der Waals surface area contributed by atoms with E-state index in [9.17, 15) is 23.1 Å². The van der Waals surface area contributed by atoms with Gasteiger partial charge in [-0.15, -0.1) is 0 Å². The van der Waals surface area contributed by atoms with Gasteiger partial charge in [-0.3, -0.25) is 0 Å². The number of alkyl halides is 2. The second kappa shape index (κ2) is 5.79. The maximum absolute atomic E-state index is 13.7. The van der Waals surface area contributed by atoms with Crippen LogP contribution >= 0.6 is 15.9 Å². The number of hydrogen-bond acceptors (Lipinski definition) is 4. The van der Waals surface area contributed by atoms with E-state index in [-0.39, 0.29) is 11.1 Å². The van der Waals surface area contributed by atoms with Gasteiger partial charge in [0.15, 0.2) is 11.6 Å². The molecule has 0 saturated carbocycles. The first-order valence-corrected chi connectivity index (χ1v) is 5.99. The molecule has 0 bridgehead atoms. The van der Waals surface area contributed by atoms with E-state index in [1.807, 2.05) is 0 Å². The number of ether oxygens (including phenoxy) is 1. The molecule has 1 aromatic rings. The maximum Gasteiger partial charge on any atom is 0.379 e. The summed E-state index contributed by atoms with van der Waals surface area (Å²) in [7, 11) is 0. The van der Waals surface area contributed by atoms with Gasteiger partial charge < -0.3 is 15.6 Å². The van der Waals surface area contributed by atoms with Crippen LogP contribution in [-0.4, -0.2) is 23.6 Å². The monoisotopic (exact) mass is 341 g/mol. The third-order valence-electron chi connectivity index (χ3n) is 2.33. The van der Waals surface area contributed by atoms with E-state index in [4.69, 9.17) is 5.73 Å². The van der Waals surface area contributed by atoms with Crippen molar-refractivity contribution >= 4 is 21.9 Å². The van der Waals surface area contributed by atoms with Crippen LogP contribution in [0.5, 0.6) is 5.75 Å². The van der Waals surface area contributed by atoms with Crippen molar-refractivity contribution in [3.8, 4) is 5.75 Å². The van der Waals surface area contributed by atoms with Gasteiger partial charge in [0.05, 0.1) is 6.61 Å². The fourth-order valence-corrected chi connectivity index (χ4v) is 1.82. The van der Waals surface area contributed by atoms with Crippen LogP contribution in [0.4, 0.5) is 13.2 Å². The van der Waals surface area contributed by atoms with E-state index in [0.29, 0.717) is 0 Å². The predicted molar refractivity (Wildman–Crippen MR) is 64.3 cm³/mol. The lowest BCUT2D eigenvalue weighted by atomic mass is 10.00. The topological polar surface area (TPSA) is 72.5 Å². The third kappa shape index (κ3) is 3.19.